The summed E-state index contributed by atoms with van der Waals surface area (Å²) in [6, 6.07) is 0. The Balaban J connectivity index is 2.55. The number of carboxylic acids is 1. The predicted molar refractivity (Wildman–Crippen MR) is 47.2 cm³/mol. The first-order valence-corrected chi connectivity index (χ1v) is 4.44. The van der Waals surface area contributed by atoms with Gasteiger partial charge in [0.15, 0.2) is 0 Å². The Labute approximate surface area is 77.3 Å². The van der Waals surface area contributed by atoms with Gasteiger partial charge in [-0.2, -0.15) is 0 Å². The molecule has 1 rings (SSSR count). The quantitative estimate of drug-likeness (QED) is 0.682. The van der Waals surface area contributed by atoms with Gasteiger partial charge in [0.25, 0.3) is 0 Å². The highest BCUT2D eigenvalue weighted by Gasteiger charge is 2.44. The van der Waals surface area contributed by atoms with Gasteiger partial charge in [-0.1, -0.05) is 6.92 Å². The summed E-state index contributed by atoms with van der Waals surface area (Å²) in [6.07, 6.45) is 1.59. The number of rotatable bonds is 3. The van der Waals surface area contributed by atoms with E-state index < -0.39 is 11.5 Å². The van der Waals surface area contributed by atoms with Crippen LogP contribution in [-0.2, 0) is 9.59 Å². The van der Waals surface area contributed by atoms with Gasteiger partial charge in [0, 0.05) is 6.92 Å². The summed E-state index contributed by atoms with van der Waals surface area (Å²) in [5.41, 5.74) is -0.461. The Kier molecular flexibility index (Phi) is 2.59. The van der Waals surface area contributed by atoms with Gasteiger partial charge >= 0.3 is 5.97 Å². The highest BCUT2D eigenvalue weighted by Crippen LogP contribution is 2.39. The zero-order valence-corrected chi connectivity index (χ0v) is 7.96. The van der Waals surface area contributed by atoms with Crippen molar-refractivity contribution in [1.29, 1.82) is 0 Å². The number of amides is 1. The van der Waals surface area contributed by atoms with Crippen molar-refractivity contribution in [1.82, 2.24) is 5.32 Å². The largest absolute Gasteiger partial charge is 0.481 e. The topological polar surface area (TPSA) is 66.4 Å². The number of hydrogen-bond donors (Lipinski definition) is 2. The van der Waals surface area contributed by atoms with Crippen LogP contribution in [0.25, 0.3) is 0 Å². The van der Waals surface area contributed by atoms with Crippen LogP contribution in [0.1, 0.15) is 33.1 Å². The second-order valence-electron chi connectivity index (χ2n) is 4.05. The summed E-state index contributed by atoms with van der Waals surface area (Å²) >= 11 is 0. The summed E-state index contributed by atoms with van der Waals surface area (Å²) in [5, 5.41) is 11.4. The van der Waals surface area contributed by atoms with E-state index in [0.29, 0.717) is 5.92 Å². The second kappa shape index (κ2) is 3.36. The van der Waals surface area contributed by atoms with E-state index in [1.54, 1.807) is 0 Å². The number of nitrogens with one attached hydrogen (secondary N) is 1. The summed E-state index contributed by atoms with van der Waals surface area (Å²) < 4.78 is 0. The molecule has 0 atom stereocenters. The van der Waals surface area contributed by atoms with E-state index in [1.807, 2.05) is 0 Å². The van der Waals surface area contributed by atoms with Gasteiger partial charge in [-0.05, 0) is 18.8 Å². The number of carbonyl (C=O) groups excluding carboxylic acids is 1. The first-order chi connectivity index (χ1) is 5.93. The number of carbonyl (C=O) groups is 2. The molecule has 0 aliphatic heterocycles. The van der Waals surface area contributed by atoms with Crippen molar-refractivity contribution in [3.8, 4) is 0 Å². The van der Waals surface area contributed by atoms with Gasteiger partial charge in [0.2, 0.25) is 5.91 Å². The van der Waals surface area contributed by atoms with Crippen molar-refractivity contribution in [3.63, 3.8) is 0 Å². The maximum atomic E-state index is 10.8. The predicted octanol–water partition coefficient (Wildman–Crippen LogP) is 0.766. The fourth-order valence-electron chi connectivity index (χ4n) is 2.23. The van der Waals surface area contributed by atoms with Gasteiger partial charge < -0.3 is 10.4 Å². The second-order valence-corrected chi connectivity index (χ2v) is 4.05. The lowest BCUT2D eigenvalue weighted by Crippen LogP contribution is -2.57. The van der Waals surface area contributed by atoms with Crippen LogP contribution in [-0.4, -0.2) is 22.5 Å². The molecule has 1 aliphatic rings. The lowest BCUT2D eigenvalue weighted by molar-refractivity contribution is -0.141. The fourth-order valence-corrected chi connectivity index (χ4v) is 2.23. The van der Waals surface area contributed by atoms with Crippen molar-refractivity contribution in [2.75, 3.05) is 0 Å². The first-order valence-electron chi connectivity index (χ1n) is 4.44. The number of carboxylic acid groups (broad SMARTS) is 1. The van der Waals surface area contributed by atoms with Gasteiger partial charge in [0.1, 0.15) is 0 Å². The molecule has 0 bridgehead atoms. The zero-order chi connectivity index (χ0) is 10.1. The Bertz CT molecular complexity index is 213. The average Bonchev–Trinajstić information content (AvgIpc) is 1.79. The summed E-state index contributed by atoms with van der Waals surface area (Å²) in [6.45, 7) is 3.48. The van der Waals surface area contributed by atoms with E-state index in [2.05, 4.69) is 12.2 Å². The van der Waals surface area contributed by atoms with Crippen LogP contribution < -0.4 is 5.32 Å². The van der Waals surface area contributed by atoms with E-state index >= 15 is 0 Å². The molecule has 2 N–H and O–H groups in total. The van der Waals surface area contributed by atoms with Crippen molar-refractivity contribution >= 4 is 11.9 Å². The van der Waals surface area contributed by atoms with Crippen LogP contribution in [0.2, 0.25) is 0 Å². The standard InChI is InChI=1S/C9H15NO3/c1-6-3-9(4-6,5-8(12)13)10-7(2)11/h6H,3-5H2,1-2H3,(H,10,11)(H,12,13). The van der Waals surface area contributed by atoms with Gasteiger partial charge in [-0.15, -0.1) is 0 Å². The molecule has 0 radical (unpaired) electrons. The summed E-state index contributed by atoms with van der Waals surface area (Å²) in [5.74, 6) is -0.472. The third-order valence-corrected chi connectivity index (χ3v) is 2.41. The van der Waals surface area contributed by atoms with Crippen LogP contribution >= 0.6 is 0 Å². The maximum absolute atomic E-state index is 10.8. The van der Waals surface area contributed by atoms with Gasteiger partial charge in [-0.3, -0.25) is 9.59 Å². The molecule has 4 heteroatoms. The minimum Gasteiger partial charge on any atom is -0.481 e. The third-order valence-electron chi connectivity index (χ3n) is 2.41. The molecule has 0 aromatic carbocycles. The van der Waals surface area contributed by atoms with E-state index in [-0.39, 0.29) is 12.3 Å². The van der Waals surface area contributed by atoms with Crippen LogP contribution in [0.3, 0.4) is 0 Å². The third kappa shape index (κ3) is 2.44. The molecule has 0 heterocycles. The molecule has 1 amide bonds. The summed E-state index contributed by atoms with van der Waals surface area (Å²) in [7, 11) is 0. The molecule has 13 heavy (non-hydrogen) atoms. The number of aliphatic carboxylic acids is 1. The maximum Gasteiger partial charge on any atom is 0.305 e. The molecule has 0 aromatic rings. The molecule has 0 aromatic heterocycles. The van der Waals surface area contributed by atoms with Gasteiger partial charge in [-0.25, -0.2) is 0 Å². The number of hydrogen-bond acceptors (Lipinski definition) is 2. The lowest BCUT2D eigenvalue weighted by Gasteiger charge is -2.46. The lowest BCUT2D eigenvalue weighted by atomic mass is 9.67. The van der Waals surface area contributed by atoms with Crippen LogP contribution in [0, 0.1) is 5.92 Å². The molecule has 0 unspecified atom stereocenters. The van der Waals surface area contributed by atoms with Crippen molar-refractivity contribution in [2.24, 2.45) is 5.92 Å². The minimum absolute atomic E-state index is 0.0386. The SMILES string of the molecule is CC(=O)NC1(CC(=O)O)CC(C)C1. The summed E-state index contributed by atoms with van der Waals surface area (Å²) in [4.78, 5) is 21.4. The normalized spacial score (nSPS) is 32.0. The molecule has 1 aliphatic carbocycles. The monoisotopic (exact) mass is 185 g/mol. The molecule has 74 valence electrons. The van der Waals surface area contributed by atoms with E-state index in [4.69, 9.17) is 5.11 Å². The van der Waals surface area contributed by atoms with E-state index in [9.17, 15) is 9.59 Å². The Morgan fingerprint density at radius 3 is 2.38 bits per heavy atom. The Morgan fingerprint density at radius 1 is 1.54 bits per heavy atom. The molecule has 1 fully saturated rings. The Morgan fingerprint density at radius 2 is 2.08 bits per heavy atom. The van der Waals surface area contributed by atoms with Crippen LogP contribution in [0.15, 0.2) is 0 Å². The smallest absolute Gasteiger partial charge is 0.305 e. The molecular formula is C9H15NO3. The van der Waals surface area contributed by atoms with Crippen molar-refractivity contribution < 1.29 is 14.7 Å². The first kappa shape index (κ1) is 10.0. The van der Waals surface area contributed by atoms with Crippen LogP contribution in [0.5, 0.6) is 0 Å². The highest BCUT2D eigenvalue weighted by atomic mass is 16.4. The molecule has 4 nitrogen and oxygen atoms in total. The Hall–Kier alpha value is -1.06. The fraction of sp³-hybridized carbons (Fsp3) is 0.778. The average molecular weight is 185 g/mol. The van der Waals surface area contributed by atoms with E-state index in [0.717, 1.165) is 12.8 Å². The van der Waals surface area contributed by atoms with E-state index in [1.165, 1.54) is 6.92 Å². The highest BCUT2D eigenvalue weighted by molar-refractivity contribution is 5.76. The molecule has 0 spiro atoms. The van der Waals surface area contributed by atoms with Gasteiger partial charge in [0.05, 0.1) is 12.0 Å². The van der Waals surface area contributed by atoms with Crippen molar-refractivity contribution in [3.05, 3.63) is 0 Å². The van der Waals surface area contributed by atoms with Crippen molar-refractivity contribution in [2.45, 2.75) is 38.6 Å². The van der Waals surface area contributed by atoms with Crippen LogP contribution in [0.4, 0.5) is 0 Å². The molecule has 1 saturated carbocycles. The zero-order valence-electron chi connectivity index (χ0n) is 7.96. The molecular weight excluding hydrogens is 170 g/mol. The minimum atomic E-state index is -0.847. The molecule has 0 saturated heterocycles.